The summed E-state index contributed by atoms with van der Waals surface area (Å²) in [5.74, 6) is -0.356. The molecule has 0 saturated carbocycles. The highest BCUT2D eigenvalue weighted by Gasteiger charge is 2.25. The quantitative estimate of drug-likeness (QED) is 0.886. The van der Waals surface area contributed by atoms with Crippen LogP contribution in [0.1, 0.15) is 29.9 Å². The van der Waals surface area contributed by atoms with Gasteiger partial charge in [-0.2, -0.15) is 0 Å². The number of para-hydroxylation sites is 1. The van der Waals surface area contributed by atoms with Crippen molar-refractivity contribution in [2.45, 2.75) is 19.4 Å². The number of phenolic OH excluding ortho intramolecular Hbond substituents is 1. The van der Waals surface area contributed by atoms with E-state index in [4.69, 9.17) is 0 Å². The summed E-state index contributed by atoms with van der Waals surface area (Å²) in [7, 11) is 0. The van der Waals surface area contributed by atoms with Gasteiger partial charge in [-0.05, 0) is 38.1 Å². The number of nitrogens with one attached hydrogen (secondary N) is 1. The minimum atomic E-state index is -0.610. The van der Waals surface area contributed by atoms with Crippen molar-refractivity contribution < 1.29 is 9.90 Å². The number of aromatic hydroxyl groups is 1. The highest BCUT2D eigenvalue weighted by molar-refractivity contribution is 5.97. The average Bonchev–Trinajstić information content (AvgIpc) is 2.39. The van der Waals surface area contributed by atoms with Crippen molar-refractivity contribution in [3.05, 3.63) is 59.9 Å². The summed E-state index contributed by atoms with van der Waals surface area (Å²) >= 11 is 0. The lowest BCUT2D eigenvalue weighted by Gasteiger charge is -2.25. The Hall–Kier alpha value is -2.36. The van der Waals surface area contributed by atoms with Crippen molar-refractivity contribution in [2.24, 2.45) is 0 Å². The number of aromatic nitrogens is 1. The maximum Gasteiger partial charge on any atom is 0.255 e. The minimum Gasteiger partial charge on any atom is -0.507 e. The maximum absolute atomic E-state index is 12.2. The molecule has 4 nitrogen and oxygen atoms in total. The predicted octanol–water partition coefficient (Wildman–Crippen LogP) is 2.45. The molecule has 0 radical (unpaired) electrons. The molecule has 0 spiro atoms. The van der Waals surface area contributed by atoms with Gasteiger partial charge < -0.3 is 10.4 Å². The zero-order valence-corrected chi connectivity index (χ0v) is 10.9. The van der Waals surface area contributed by atoms with Crippen LogP contribution in [-0.4, -0.2) is 16.0 Å². The van der Waals surface area contributed by atoms with Gasteiger partial charge >= 0.3 is 0 Å². The lowest BCUT2D eigenvalue weighted by molar-refractivity contribution is 0.0907. The molecule has 1 aromatic carbocycles. The standard InChI is InChI=1S/C15H16N2O2/c1-15(2,13-9-5-6-10-16-13)17-14(19)11-7-3-4-8-12(11)18/h3-10,18H,1-2H3,(H,17,19). The molecular weight excluding hydrogens is 240 g/mol. The highest BCUT2D eigenvalue weighted by atomic mass is 16.3. The maximum atomic E-state index is 12.2. The van der Waals surface area contributed by atoms with Crippen LogP contribution in [0.4, 0.5) is 0 Å². The Balaban J connectivity index is 2.22. The van der Waals surface area contributed by atoms with E-state index in [1.807, 2.05) is 32.0 Å². The zero-order chi connectivity index (χ0) is 13.9. The Morgan fingerprint density at radius 3 is 2.47 bits per heavy atom. The van der Waals surface area contributed by atoms with E-state index < -0.39 is 5.54 Å². The number of rotatable bonds is 3. The average molecular weight is 256 g/mol. The van der Waals surface area contributed by atoms with Crippen LogP contribution >= 0.6 is 0 Å². The summed E-state index contributed by atoms with van der Waals surface area (Å²) in [6.45, 7) is 3.74. The van der Waals surface area contributed by atoms with Crippen LogP contribution < -0.4 is 5.32 Å². The van der Waals surface area contributed by atoms with E-state index in [2.05, 4.69) is 10.3 Å². The number of pyridine rings is 1. The van der Waals surface area contributed by atoms with Crippen molar-refractivity contribution in [2.75, 3.05) is 0 Å². The first-order valence-corrected chi connectivity index (χ1v) is 6.03. The van der Waals surface area contributed by atoms with E-state index in [9.17, 15) is 9.90 Å². The molecule has 0 fully saturated rings. The third-order valence-electron chi connectivity index (χ3n) is 2.88. The molecule has 0 atom stereocenters. The smallest absolute Gasteiger partial charge is 0.255 e. The third-order valence-corrected chi connectivity index (χ3v) is 2.88. The normalized spacial score (nSPS) is 11.1. The van der Waals surface area contributed by atoms with Crippen molar-refractivity contribution in [3.8, 4) is 5.75 Å². The molecule has 1 amide bonds. The molecule has 1 aromatic heterocycles. The molecule has 0 saturated heterocycles. The topological polar surface area (TPSA) is 62.2 Å². The van der Waals surface area contributed by atoms with Gasteiger partial charge in [0.05, 0.1) is 16.8 Å². The van der Waals surface area contributed by atoms with Crippen LogP contribution in [0.15, 0.2) is 48.7 Å². The Kier molecular flexibility index (Phi) is 3.51. The Morgan fingerprint density at radius 2 is 1.84 bits per heavy atom. The molecule has 4 heteroatoms. The molecule has 19 heavy (non-hydrogen) atoms. The molecular formula is C15H16N2O2. The molecule has 0 bridgehead atoms. The number of carbonyl (C=O) groups excluding carboxylic acids is 1. The summed E-state index contributed by atoms with van der Waals surface area (Å²) < 4.78 is 0. The number of hydrogen-bond acceptors (Lipinski definition) is 3. The van der Waals surface area contributed by atoms with Gasteiger partial charge in [0, 0.05) is 6.20 Å². The number of hydrogen-bond donors (Lipinski definition) is 2. The molecule has 2 rings (SSSR count). The second-order valence-electron chi connectivity index (χ2n) is 4.81. The van der Waals surface area contributed by atoms with Crippen molar-refractivity contribution in [3.63, 3.8) is 0 Å². The van der Waals surface area contributed by atoms with E-state index in [1.165, 1.54) is 6.07 Å². The fraction of sp³-hybridized carbons (Fsp3) is 0.200. The summed E-state index contributed by atoms with van der Waals surface area (Å²) in [6.07, 6.45) is 1.68. The number of phenols is 1. The van der Waals surface area contributed by atoms with Crippen LogP contribution in [0.3, 0.4) is 0 Å². The van der Waals surface area contributed by atoms with E-state index in [-0.39, 0.29) is 17.2 Å². The number of nitrogens with zero attached hydrogens (tertiary/aromatic N) is 1. The fourth-order valence-electron chi connectivity index (χ4n) is 1.81. The monoisotopic (exact) mass is 256 g/mol. The minimum absolute atomic E-state index is 0.0307. The van der Waals surface area contributed by atoms with Crippen LogP contribution in [-0.2, 0) is 5.54 Å². The van der Waals surface area contributed by atoms with Crippen molar-refractivity contribution in [1.82, 2.24) is 10.3 Å². The number of benzene rings is 1. The first kappa shape index (κ1) is 13.1. The van der Waals surface area contributed by atoms with E-state index >= 15 is 0 Å². The first-order valence-electron chi connectivity index (χ1n) is 6.03. The van der Waals surface area contributed by atoms with E-state index in [0.29, 0.717) is 0 Å². The SMILES string of the molecule is CC(C)(NC(=O)c1ccccc1O)c1ccccn1. The molecule has 2 aromatic rings. The summed E-state index contributed by atoms with van der Waals surface area (Å²) in [4.78, 5) is 16.4. The van der Waals surface area contributed by atoms with Crippen molar-refractivity contribution >= 4 is 5.91 Å². The lowest BCUT2D eigenvalue weighted by Crippen LogP contribution is -2.41. The first-order chi connectivity index (χ1) is 9.00. The second kappa shape index (κ2) is 5.10. The van der Waals surface area contributed by atoms with Gasteiger partial charge in [-0.3, -0.25) is 9.78 Å². The van der Waals surface area contributed by atoms with Gasteiger partial charge in [0.1, 0.15) is 5.75 Å². The Bertz CT molecular complexity index is 580. The molecule has 0 unspecified atom stereocenters. The number of carbonyl (C=O) groups is 1. The predicted molar refractivity (Wildman–Crippen MR) is 72.8 cm³/mol. The Morgan fingerprint density at radius 1 is 1.16 bits per heavy atom. The molecule has 0 aliphatic carbocycles. The zero-order valence-electron chi connectivity index (χ0n) is 10.9. The van der Waals surface area contributed by atoms with Gasteiger partial charge in [-0.15, -0.1) is 0 Å². The Labute approximate surface area is 112 Å². The lowest BCUT2D eigenvalue weighted by atomic mass is 9.99. The van der Waals surface area contributed by atoms with E-state index in [1.54, 1.807) is 24.4 Å². The van der Waals surface area contributed by atoms with Crippen LogP contribution in [0.25, 0.3) is 0 Å². The van der Waals surface area contributed by atoms with Gasteiger partial charge in [-0.1, -0.05) is 18.2 Å². The summed E-state index contributed by atoms with van der Waals surface area (Å²) in [6, 6.07) is 12.0. The van der Waals surface area contributed by atoms with Crippen LogP contribution in [0.5, 0.6) is 5.75 Å². The van der Waals surface area contributed by atoms with Gasteiger partial charge in [0.15, 0.2) is 0 Å². The van der Waals surface area contributed by atoms with Gasteiger partial charge in [-0.25, -0.2) is 0 Å². The molecule has 98 valence electrons. The van der Waals surface area contributed by atoms with Crippen LogP contribution in [0.2, 0.25) is 0 Å². The van der Waals surface area contributed by atoms with Gasteiger partial charge in [0.2, 0.25) is 0 Å². The third kappa shape index (κ3) is 2.91. The highest BCUT2D eigenvalue weighted by Crippen LogP contribution is 2.20. The molecule has 2 N–H and O–H groups in total. The molecule has 0 aliphatic rings. The molecule has 0 aliphatic heterocycles. The summed E-state index contributed by atoms with van der Waals surface area (Å²) in [5.41, 5.74) is 0.408. The fourth-order valence-corrected chi connectivity index (χ4v) is 1.81. The second-order valence-corrected chi connectivity index (χ2v) is 4.81. The van der Waals surface area contributed by atoms with Crippen LogP contribution in [0, 0.1) is 0 Å². The van der Waals surface area contributed by atoms with E-state index in [0.717, 1.165) is 5.69 Å². The largest absolute Gasteiger partial charge is 0.507 e. The van der Waals surface area contributed by atoms with Crippen molar-refractivity contribution in [1.29, 1.82) is 0 Å². The summed E-state index contributed by atoms with van der Waals surface area (Å²) in [5, 5.41) is 12.5. The number of amides is 1. The molecule has 1 heterocycles. The van der Waals surface area contributed by atoms with Gasteiger partial charge in [0.25, 0.3) is 5.91 Å².